The highest BCUT2D eigenvalue weighted by molar-refractivity contribution is 8.00. The van der Waals surface area contributed by atoms with Crippen molar-refractivity contribution in [1.29, 1.82) is 0 Å². The molecule has 0 fully saturated rings. The van der Waals surface area contributed by atoms with Gasteiger partial charge in [0.1, 0.15) is 0 Å². The average Bonchev–Trinajstić information content (AvgIpc) is 2.80. The Balaban J connectivity index is 2.47. The summed E-state index contributed by atoms with van der Waals surface area (Å²) in [4.78, 5) is 21.8. The number of nitrogens with zero attached hydrogens (tertiary/aromatic N) is 2. The number of halogens is 2. The maximum Gasteiger partial charge on any atom is 0.304 e. The first-order valence-corrected chi connectivity index (χ1v) is 7.46. The van der Waals surface area contributed by atoms with Gasteiger partial charge in [-0.2, -0.15) is 8.78 Å². The Labute approximate surface area is 115 Å². The number of alkyl halides is 2. The normalized spacial score (nSPS) is 12.2. The van der Waals surface area contributed by atoms with Gasteiger partial charge in [-0.15, -0.1) is 0 Å². The zero-order valence-electron chi connectivity index (χ0n) is 9.94. The molecule has 19 heavy (non-hydrogen) atoms. The molecule has 2 heterocycles. The van der Waals surface area contributed by atoms with Crippen LogP contribution in [0.4, 0.5) is 8.78 Å². The van der Waals surface area contributed by atoms with Crippen LogP contribution in [0.25, 0.3) is 10.3 Å². The molecule has 0 aliphatic heterocycles. The lowest BCUT2D eigenvalue weighted by atomic mass is 10.2. The van der Waals surface area contributed by atoms with Gasteiger partial charge in [-0.3, -0.25) is 4.79 Å². The number of aliphatic hydroxyl groups is 1. The summed E-state index contributed by atoms with van der Waals surface area (Å²) in [6.45, 7) is -0.334. The quantitative estimate of drug-likeness (QED) is 0.826. The fourth-order valence-corrected chi connectivity index (χ4v) is 2.92. The maximum atomic E-state index is 13.8. The van der Waals surface area contributed by atoms with Crippen LogP contribution < -0.4 is 5.56 Å². The molecule has 2 N–H and O–H groups in total. The fraction of sp³-hybridized carbons (Fsp3) is 0.500. The Morgan fingerprint density at radius 3 is 2.84 bits per heavy atom. The molecule has 0 atom stereocenters. The van der Waals surface area contributed by atoms with Crippen LogP contribution in [-0.2, 0) is 5.92 Å². The van der Waals surface area contributed by atoms with Crippen molar-refractivity contribution in [2.24, 2.45) is 0 Å². The molecule has 2 aromatic heterocycles. The van der Waals surface area contributed by atoms with Gasteiger partial charge in [-0.1, -0.05) is 23.1 Å². The SMILES string of the molecule is CSc1nc2c(=O)[nH]c(C(F)(F)CCCO)nc2s1. The standard InChI is InChI=1S/C10H11F2N3O2S2/c1-18-9-13-5-6(17)14-8(15-7(5)19-9)10(11,12)3-2-4-16/h16H,2-4H2,1H3,(H,14,15,17). The molecule has 0 saturated heterocycles. The molecule has 0 radical (unpaired) electrons. The Morgan fingerprint density at radius 1 is 1.47 bits per heavy atom. The number of H-pyrrole nitrogens is 1. The lowest BCUT2D eigenvalue weighted by Gasteiger charge is -2.14. The first-order chi connectivity index (χ1) is 8.97. The lowest BCUT2D eigenvalue weighted by molar-refractivity contribution is -0.0275. The Morgan fingerprint density at radius 2 is 2.21 bits per heavy atom. The first-order valence-electron chi connectivity index (χ1n) is 5.42. The van der Waals surface area contributed by atoms with Gasteiger partial charge in [0, 0.05) is 13.0 Å². The van der Waals surface area contributed by atoms with Crippen molar-refractivity contribution in [3.8, 4) is 0 Å². The van der Waals surface area contributed by atoms with Crippen LogP contribution in [0.2, 0.25) is 0 Å². The maximum absolute atomic E-state index is 13.8. The minimum absolute atomic E-state index is 0.0620. The zero-order chi connectivity index (χ0) is 14.0. The number of aromatic amines is 1. The number of thiazole rings is 1. The molecule has 0 aromatic carbocycles. The van der Waals surface area contributed by atoms with E-state index >= 15 is 0 Å². The third-order valence-electron chi connectivity index (χ3n) is 2.42. The summed E-state index contributed by atoms with van der Waals surface area (Å²) in [7, 11) is 0. The van der Waals surface area contributed by atoms with E-state index in [2.05, 4.69) is 15.0 Å². The van der Waals surface area contributed by atoms with Crippen molar-refractivity contribution in [2.45, 2.75) is 23.1 Å². The number of hydrogen-bond donors (Lipinski definition) is 2. The van der Waals surface area contributed by atoms with Gasteiger partial charge in [-0.25, -0.2) is 9.97 Å². The largest absolute Gasteiger partial charge is 0.396 e. The van der Waals surface area contributed by atoms with Crippen LogP contribution in [0, 0.1) is 0 Å². The molecule has 9 heteroatoms. The molecule has 2 rings (SSSR count). The monoisotopic (exact) mass is 307 g/mol. The molecule has 0 unspecified atom stereocenters. The molecule has 0 spiro atoms. The van der Waals surface area contributed by atoms with Crippen molar-refractivity contribution in [2.75, 3.05) is 12.9 Å². The van der Waals surface area contributed by atoms with Crippen molar-refractivity contribution >= 4 is 33.4 Å². The summed E-state index contributed by atoms with van der Waals surface area (Å²) in [5.41, 5.74) is -0.587. The molecule has 0 aliphatic carbocycles. The van der Waals surface area contributed by atoms with Gasteiger partial charge in [-0.05, 0) is 12.7 Å². The van der Waals surface area contributed by atoms with E-state index in [4.69, 9.17) is 5.11 Å². The second-order valence-electron chi connectivity index (χ2n) is 3.78. The summed E-state index contributed by atoms with van der Waals surface area (Å²) in [6.07, 6.45) is 1.16. The van der Waals surface area contributed by atoms with E-state index in [1.807, 2.05) is 0 Å². The van der Waals surface area contributed by atoms with Crippen molar-refractivity contribution in [1.82, 2.24) is 15.0 Å². The number of thioether (sulfide) groups is 1. The van der Waals surface area contributed by atoms with Crippen LogP contribution in [0.15, 0.2) is 9.13 Å². The summed E-state index contributed by atoms with van der Waals surface area (Å²) in [6, 6.07) is 0. The summed E-state index contributed by atoms with van der Waals surface area (Å²) >= 11 is 2.43. The Kier molecular flexibility index (Phi) is 4.16. The predicted molar refractivity (Wildman–Crippen MR) is 70.0 cm³/mol. The smallest absolute Gasteiger partial charge is 0.304 e. The van der Waals surface area contributed by atoms with Gasteiger partial charge < -0.3 is 10.1 Å². The first kappa shape index (κ1) is 14.4. The van der Waals surface area contributed by atoms with E-state index in [0.29, 0.717) is 4.34 Å². The average molecular weight is 307 g/mol. The highest BCUT2D eigenvalue weighted by atomic mass is 32.2. The molecule has 2 aromatic rings. The van der Waals surface area contributed by atoms with Gasteiger partial charge >= 0.3 is 5.92 Å². The molecule has 5 nitrogen and oxygen atoms in total. The molecule has 104 valence electrons. The molecule has 0 amide bonds. The van der Waals surface area contributed by atoms with Crippen molar-refractivity contribution in [3.63, 3.8) is 0 Å². The minimum Gasteiger partial charge on any atom is -0.396 e. The summed E-state index contributed by atoms with van der Waals surface area (Å²) in [5.74, 6) is -3.94. The highest BCUT2D eigenvalue weighted by Gasteiger charge is 2.34. The number of aliphatic hydroxyl groups excluding tert-OH is 1. The third-order valence-corrected chi connectivity index (χ3v) is 4.35. The number of hydrogen-bond acceptors (Lipinski definition) is 6. The Bertz CT molecular complexity index is 641. The van der Waals surface area contributed by atoms with Gasteiger partial charge in [0.2, 0.25) is 0 Å². The second kappa shape index (κ2) is 5.51. The van der Waals surface area contributed by atoms with E-state index in [1.54, 1.807) is 6.26 Å². The number of nitrogens with one attached hydrogen (secondary N) is 1. The van der Waals surface area contributed by atoms with Crippen LogP contribution in [0.1, 0.15) is 18.7 Å². The van der Waals surface area contributed by atoms with Gasteiger partial charge in [0.25, 0.3) is 5.56 Å². The van der Waals surface area contributed by atoms with E-state index in [9.17, 15) is 13.6 Å². The summed E-state index contributed by atoms with van der Waals surface area (Å²) in [5, 5.41) is 8.60. The predicted octanol–water partition coefficient (Wildman–Crippen LogP) is 1.97. The third kappa shape index (κ3) is 2.93. The Hall–Kier alpha value is -1.06. The fourth-order valence-electron chi connectivity index (χ4n) is 1.49. The number of rotatable bonds is 5. The molecular formula is C10H11F2N3O2S2. The molecule has 0 bridgehead atoms. The lowest BCUT2D eigenvalue weighted by Crippen LogP contribution is -2.23. The molecular weight excluding hydrogens is 296 g/mol. The van der Waals surface area contributed by atoms with Crippen LogP contribution in [0.3, 0.4) is 0 Å². The van der Waals surface area contributed by atoms with Crippen LogP contribution in [-0.4, -0.2) is 32.9 Å². The number of aromatic nitrogens is 3. The molecule has 0 saturated carbocycles. The van der Waals surface area contributed by atoms with Crippen molar-refractivity contribution < 1.29 is 13.9 Å². The van der Waals surface area contributed by atoms with E-state index in [0.717, 1.165) is 11.3 Å². The second-order valence-corrected chi connectivity index (χ2v) is 5.81. The molecule has 0 aliphatic rings. The topological polar surface area (TPSA) is 78.9 Å². The summed E-state index contributed by atoms with van der Waals surface area (Å²) < 4.78 is 28.2. The van der Waals surface area contributed by atoms with Gasteiger partial charge in [0.05, 0.1) is 0 Å². The van der Waals surface area contributed by atoms with E-state index < -0.39 is 23.7 Å². The van der Waals surface area contributed by atoms with Crippen molar-refractivity contribution in [3.05, 3.63) is 16.2 Å². The van der Waals surface area contributed by atoms with Crippen LogP contribution >= 0.6 is 23.1 Å². The van der Waals surface area contributed by atoms with E-state index in [-0.39, 0.29) is 23.4 Å². The highest BCUT2D eigenvalue weighted by Crippen LogP contribution is 2.32. The van der Waals surface area contributed by atoms with E-state index in [1.165, 1.54) is 11.8 Å². The van der Waals surface area contributed by atoms with Crippen LogP contribution in [0.5, 0.6) is 0 Å². The zero-order valence-corrected chi connectivity index (χ0v) is 11.6. The number of fused-ring (bicyclic) bond motifs is 1. The van der Waals surface area contributed by atoms with Gasteiger partial charge in [0.15, 0.2) is 20.5 Å². The minimum atomic E-state index is -3.26.